The van der Waals surface area contributed by atoms with E-state index in [1.807, 2.05) is 0 Å². The Morgan fingerprint density at radius 1 is 1.13 bits per heavy atom. The Hall–Kier alpha value is -2.31. The zero-order chi connectivity index (χ0) is 17.4. The first-order valence-corrected chi connectivity index (χ1v) is 8.04. The molecule has 0 aliphatic heterocycles. The van der Waals surface area contributed by atoms with Crippen molar-refractivity contribution in [1.82, 2.24) is 5.32 Å². The Balaban J connectivity index is 2.76. The number of carbonyl (C=O) groups excluding carboxylic acids is 1. The highest BCUT2D eigenvalue weighted by molar-refractivity contribution is 7.39. The summed E-state index contributed by atoms with van der Waals surface area (Å²) in [7, 11) is -2.90. The van der Waals surface area contributed by atoms with Crippen LogP contribution >= 0.6 is 8.03 Å². The van der Waals surface area contributed by atoms with Crippen molar-refractivity contribution >= 4 is 25.9 Å². The molecular weight excluding hydrogens is 325 g/mol. The minimum absolute atomic E-state index is 0.293. The number of hydrogen-bond donors (Lipinski definition) is 4. The average Bonchev–Trinajstić information content (AvgIpc) is 2.50. The highest BCUT2D eigenvalue weighted by Gasteiger charge is 2.42. The van der Waals surface area contributed by atoms with Gasteiger partial charge >= 0.3 is 20.0 Å². The van der Waals surface area contributed by atoms with Crippen LogP contribution in [0.1, 0.15) is 23.2 Å². The van der Waals surface area contributed by atoms with Gasteiger partial charge in [0.05, 0.1) is 6.54 Å². The fraction of sp³-hybridized carbons (Fsp3) is 0.357. The number of rotatable bonds is 9. The molecule has 1 rings (SSSR count). The third kappa shape index (κ3) is 6.14. The van der Waals surface area contributed by atoms with Crippen LogP contribution < -0.4 is 5.32 Å². The summed E-state index contributed by atoms with van der Waals surface area (Å²) in [5.74, 6) is -4.41. The molecule has 8 nitrogen and oxygen atoms in total. The van der Waals surface area contributed by atoms with Gasteiger partial charge in [-0.1, -0.05) is 18.2 Å². The van der Waals surface area contributed by atoms with Crippen LogP contribution in [0.2, 0.25) is 0 Å². The van der Waals surface area contributed by atoms with E-state index in [9.17, 15) is 23.8 Å². The SMILES string of the molecule is O=C(O)CCC(C(=O)O)C(CNC(=O)c1ccccc1)[P+](=O)O. The molecule has 0 aromatic heterocycles. The molecule has 3 unspecified atom stereocenters. The van der Waals surface area contributed by atoms with Crippen LogP contribution in [0.5, 0.6) is 0 Å². The van der Waals surface area contributed by atoms with Crippen molar-refractivity contribution < 1.29 is 34.1 Å². The van der Waals surface area contributed by atoms with E-state index in [1.165, 1.54) is 0 Å². The maximum absolute atomic E-state index is 11.9. The molecule has 4 N–H and O–H groups in total. The summed E-state index contributed by atoms with van der Waals surface area (Å²) < 4.78 is 11.4. The van der Waals surface area contributed by atoms with Crippen LogP contribution in [0.3, 0.4) is 0 Å². The van der Waals surface area contributed by atoms with E-state index in [-0.39, 0.29) is 13.0 Å². The molecule has 0 radical (unpaired) electrons. The van der Waals surface area contributed by atoms with E-state index in [0.717, 1.165) is 0 Å². The van der Waals surface area contributed by atoms with Crippen molar-refractivity contribution in [2.45, 2.75) is 18.5 Å². The molecule has 1 aromatic carbocycles. The third-order valence-corrected chi connectivity index (χ3v) is 4.35. The Labute approximate surface area is 133 Å². The van der Waals surface area contributed by atoms with Gasteiger partial charge in [0.15, 0.2) is 0 Å². The Morgan fingerprint density at radius 2 is 1.74 bits per heavy atom. The van der Waals surface area contributed by atoms with Crippen molar-refractivity contribution in [3.05, 3.63) is 35.9 Å². The lowest BCUT2D eigenvalue weighted by Crippen LogP contribution is -2.37. The number of benzene rings is 1. The predicted molar refractivity (Wildman–Crippen MR) is 80.4 cm³/mol. The van der Waals surface area contributed by atoms with E-state index < -0.39 is 43.9 Å². The van der Waals surface area contributed by atoms with Gasteiger partial charge in [-0.25, -0.2) is 0 Å². The van der Waals surface area contributed by atoms with Crippen molar-refractivity contribution in [2.75, 3.05) is 6.54 Å². The number of carbonyl (C=O) groups is 3. The van der Waals surface area contributed by atoms with Crippen LogP contribution in [0.4, 0.5) is 0 Å². The molecule has 0 aliphatic carbocycles. The first kappa shape index (κ1) is 18.7. The monoisotopic (exact) mass is 342 g/mol. The number of amides is 1. The maximum Gasteiger partial charge on any atom is 0.511 e. The molecule has 0 aliphatic rings. The normalized spacial score (nSPS) is 13.7. The number of aliphatic carboxylic acids is 2. The summed E-state index contributed by atoms with van der Waals surface area (Å²) in [6.45, 7) is -0.337. The molecule has 3 atom stereocenters. The number of hydrogen-bond acceptors (Lipinski definition) is 4. The molecule has 9 heteroatoms. The van der Waals surface area contributed by atoms with Gasteiger partial charge < -0.3 is 15.5 Å². The first-order chi connectivity index (χ1) is 10.8. The molecule has 1 aromatic rings. The van der Waals surface area contributed by atoms with Gasteiger partial charge in [0, 0.05) is 12.0 Å². The molecule has 0 heterocycles. The van der Waals surface area contributed by atoms with E-state index in [1.54, 1.807) is 30.3 Å². The second kappa shape index (κ2) is 8.97. The minimum atomic E-state index is -2.90. The second-order valence-corrected chi connectivity index (χ2v) is 6.09. The molecule has 1 amide bonds. The Bertz CT molecular complexity index is 590. The molecule has 0 fully saturated rings. The number of carboxylic acid groups (broad SMARTS) is 2. The molecule has 0 saturated carbocycles. The van der Waals surface area contributed by atoms with Crippen LogP contribution in [0.25, 0.3) is 0 Å². The van der Waals surface area contributed by atoms with E-state index in [0.29, 0.717) is 5.56 Å². The average molecular weight is 342 g/mol. The smallest absolute Gasteiger partial charge is 0.481 e. The zero-order valence-corrected chi connectivity index (χ0v) is 13.0. The zero-order valence-electron chi connectivity index (χ0n) is 12.1. The fourth-order valence-corrected chi connectivity index (χ4v) is 2.85. The van der Waals surface area contributed by atoms with Gasteiger partial charge in [0.1, 0.15) is 5.92 Å². The molecule has 0 spiro atoms. The van der Waals surface area contributed by atoms with Crippen molar-refractivity contribution in [1.29, 1.82) is 0 Å². The Kier molecular flexibility index (Phi) is 7.31. The number of nitrogens with one attached hydrogen (secondary N) is 1. The summed E-state index contributed by atoms with van der Waals surface area (Å²) >= 11 is 0. The summed E-state index contributed by atoms with van der Waals surface area (Å²) in [4.78, 5) is 43.0. The van der Waals surface area contributed by atoms with Gasteiger partial charge in [-0.3, -0.25) is 14.4 Å². The van der Waals surface area contributed by atoms with Crippen LogP contribution in [-0.2, 0) is 14.2 Å². The lowest BCUT2D eigenvalue weighted by atomic mass is 9.99. The van der Waals surface area contributed by atoms with Gasteiger partial charge in [-0.2, -0.15) is 4.89 Å². The van der Waals surface area contributed by atoms with Crippen molar-refractivity contribution in [3.8, 4) is 0 Å². The van der Waals surface area contributed by atoms with E-state index >= 15 is 0 Å². The maximum atomic E-state index is 11.9. The highest BCUT2D eigenvalue weighted by Crippen LogP contribution is 2.31. The van der Waals surface area contributed by atoms with Crippen molar-refractivity contribution in [3.63, 3.8) is 0 Å². The quantitative estimate of drug-likeness (QED) is 0.492. The lowest BCUT2D eigenvalue weighted by molar-refractivity contribution is -0.143. The molecule has 23 heavy (non-hydrogen) atoms. The first-order valence-electron chi connectivity index (χ1n) is 6.76. The predicted octanol–water partition coefficient (Wildman–Crippen LogP) is 1.09. The fourth-order valence-electron chi connectivity index (χ4n) is 2.02. The summed E-state index contributed by atoms with van der Waals surface area (Å²) in [5, 5.41) is 20.2. The highest BCUT2D eigenvalue weighted by atomic mass is 31.1. The van der Waals surface area contributed by atoms with Gasteiger partial charge in [-0.15, -0.1) is 0 Å². The summed E-state index contributed by atoms with van der Waals surface area (Å²) in [6.07, 6.45) is -0.735. The van der Waals surface area contributed by atoms with Gasteiger partial charge in [0.25, 0.3) is 5.91 Å². The summed E-state index contributed by atoms with van der Waals surface area (Å²) in [5.41, 5.74) is -0.939. The lowest BCUT2D eigenvalue weighted by Gasteiger charge is -2.14. The molecule has 0 saturated heterocycles. The number of carboxylic acids is 2. The standard InChI is InChI=1S/C14H16NO7P/c16-12(17)7-6-10(14(19)20)11(23(21)22)8-15-13(18)9-4-2-1-3-5-9/h1-5,10-11H,6-8H2,(H3-,15,16,17,18,19,20,21,22)/p+1. The summed E-state index contributed by atoms with van der Waals surface area (Å²) in [6, 6.07) is 8.10. The Morgan fingerprint density at radius 3 is 2.22 bits per heavy atom. The van der Waals surface area contributed by atoms with Gasteiger partial charge in [0.2, 0.25) is 5.66 Å². The topological polar surface area (TPSA) is 141 Å². The van der Waals surface area contributed by atoms with Gasteiger partial charge in [-0.05, 0) is 23.1 Å². The second-order valence-electron chi connectivity index (χ2n) is 4.82. The van der Waals surface area contributed by atoms with E-state index in [4.69, 9.17) is 10.2 Å². The van der Waals surface area contributed by atoms with E-state index in [2.05, 4.69) is 5.32 Å². The van der Waals surface area contributed by atoms with Crippen molar-refractivity contribution in [2.24, 2.45) is 5.92 Å². The molecule has 124 valence electrons. The molecule has 0 bridgehead atoms. The van der Waals surface area contributed by atoms with Crippen LogP contribution in [-0.4, -0.2) is 45.2 Å². The largest absolute Gasteiger partial charge is 0.511 e. The van der Waals surface area contributed by atoms with Crippen LogP contribution in [0.15, 0.2) is 30.3 Å². The van der Waals surface area contributed by atoms with Crippen LogP contribution in [0, 0.1) is 5.92 Å². The minimum Gasteiger partial charge on any atom is -0.481 e. The molecular formula is C14H17NO7P+. The third-order valence-electron chi connectivity index (χ3n) is 3.24.